The van der Waals surface area contributed by atoms with Gasteiger partial charge in [0.1, 0.15) is 0 Å². The first-order valence-corrected chi connectivity index (χ1v) is 3.79. The van der Waals surface area contributed by atoms with Gasteiger partial charge in [-0.2, -0.15) is 0 Å². The monoisotopic (exact) mass is 150 g/mol. The summed E-state index contributed by atoms with van der Waals surface area (Å²) in [5.74, 6) is 0. The van der Waals surface area contributed by atoms with E-state index >= 15 is 0 Å². The molecule has 0 aliphatic rings. The Morgan fingerprint density at radius 2 is 2.11 bits per heavy atom. The van der Waals surface area contributed by atoms with Crippen molar-refractivity contribution in [3.8, 4) is 0 Å². The Labute approximate surface area is 56.5 Å². The van der Waals surface area contributed by atoms with Gasteiger partial charge in [0.05, 0.1) is 6.61 Å². The molecular weight excluding hydrogens is 140 g/mol. The summed E-state index contributed by atoms with van der Waals surface area (Å²) in [5.41, 5.74) is 0. The fraction of sp³-hybridized carbons (Fsp3) is 0.600. The molecule has 0 fully saturated rings. The first-order valence-electron chi connectivity index (χ1n) is 2.69. The van der Waals surface area contributed by atoms with Crippen molar-refractivity contribution in [2.24, 2.45) is 0 Å². The van der Waals surface area contributed by atoms with Gasteiger partial charge in [-0.25, -0.2) is 8.42 Å². The zero-order chi connectivity index (χ0) is 7.11. The van der Waals surface area contributed by atoms with Crippen LogP contribution in [0, 0.1) is 0 Å². The molecule has 54 valence electrons. The van der Waals surface area contributed by atoms with Crippen LogP contribution in [-0.2, 0) is 15.2 Å². The van der Waals surface area contributed by atoms with Crippen LogP contribution in [0.15, 0.2) is 12.2 Å². The molecule has 0 spiro atoms. The highest BCUT2D eigenvalue weighted by Crippen LogP contribution is 1.80. The molecule has 0 aliphatic heterocycles. The SMILES string of the molecule is CCC=CCO[SH](=O)=O. The Bertz CT molecular complexity index is 140. The molecule has 0 rings (SSSR count). The van der Waals surface area contributed by atoms with E-state index in [1.807, 2.05) is 13.0 Å². The largest absolute Gasteiger partial charge is 0.268 e. The van der Waals surface area contributed by atoms with Crippen LogP contribution in [0.5, 0.6) is 0 Å². The Morgan fingerprint density at radius 3 is 2.56 bits per heavy atom. The van der Waals surface area contributed by atoms with Crippen LogP contribution < -0.4 is 0 Å². The minimum Gasteiger partial charge on any atom is -0.268 e. The third-order valence-corrected chi connectivity index (χ3v) is 1.04. The van der Waals surface area contributed by atoms with E-state index in [-0.39, 0.29) is 6.61 Å². The minimum atomic E-state index is -2.67. The lowest BCUT2D eigenvalue weighted by Gasteiger charge is -1.84. The van der Waals surface area contributed by atoms with E-state index in [0.29, 0.717) is 0 Å². The molecule has 0 bridgehead atoms. The van der Waals surface area contributed by atoms with Gasteiger partial charge in [0.15, 0.2) is 0 Å². The number of allylic oxidation sites excluding steroid dienone is 1. The normalized spacial score (nSPS) is 11.3. The summed E-state index contributed by atoms with van der Waals surface area (Å²) in [4.78, 5) is 0. The fourth-order valence-corrected chi connectivity index (χ4v) is 0.546. The fourth-order valence-electron chi connectivity index (χ4n) is 0.339. The Balaban J connectivity index is 3.19. The molecule has 0 saturated heterocycles. The molecule has 3 nitrogen and oxygen atoms in total. The number of hydrogen-bond donors (Lipinski definition) is 1. The molecule has 0 unspecified atom stereocenters. The molecule has 9 heavy (non-hydrogen) atoms. The molecule has 0 aromatic rings. The predicted molar refractivity (Wildman–Crippen MR) is 35.7 cm³/mol. The van der Waals surface area contributed by atoms with E-state index in [4.69, 9.17) is 0 Å². The Morgan fingerprint density at radius 1 is 1.44 bits per heavy atom. The molecule has 0 aromatic carbocycles. The molecule has 0 aromatic heterocycles. The van der Waals surface area contributed by atoms with Gasteiger partial charge >= 0.3 is 0 Å². The van der Waals surface area contributed by atoms with Crippen molar-refractivity contribution in [1.82, 2.24) is 0 Å². The molecular formula is C5H10O3S. The number of rotatable bonds is 4. The quantitative estimate of drug-likeness (QED) is 0.468. The zero-order valence-corrected chi connectivity index (χ0v) is 6.14. The molecule has 0 heterocycles. The van der Waals surface area contributed by atoms with Gasteiger partial charge in [-0.15, -0.1) is 0 Å². The first kappa shape index (κ1) is 8.65. The van der Waals surface area contributed by atoms with Crippen LogP contribution in [0.25, 0.3) is 0 Å². The topological polar surface area (TPSA) is 43.4 Å². The summed E-state index contributed by atoms with van der Waals surface area (Å²) in [6.45, 7) is 2.13. The lowest BCUT2D eigenvalue weighted by atomic mass is 10.4. The van der Waals surface area contributed by atoms with Crippen molar-refractivity contribution in [2.45, 2.75) is 13.3 Å². The highest BCUT2D eigenvalue weighted by atomic mass is 32.2. The van der Waals surface area contributed by atoms with E-state index in [2.05, 4.69) is 4.18 Å². The van der Waals surface area contributed by atoms with Crippen molar-refractivity contribution in [3.63, 3.8) is 0 Å². The molecule has 4 heteroatoms. The van der Waals surface area contributed by atoms with Crippen molar-refractivity contribution in [1.29, 1.82) is 0 Å². The second kappa shape index (κ2) is 5.78. The Hall–Kier alpha value is -0.350. The van der Waals surface area contributed by atoms with Crippen LogP contribution >= 0.6 is 0 Å². The maximum absolute atomic E-state index is 9.74. The predicted octanol–water partition coefficient (Wildman–Crippen LogP) is 0.496. The van der Waals surface area contributed by atoms with Gasteiger partial charge in [0.25, 0.3) is 11.0 Å². The molecule has 0 N–H and O–H groups in total. The summed E-state index contributed by atoms with van der Waals surface area (Å²) in [6, 6.07) is 0. The van der Waals surface area contributed by atoms with E-state index in [0.717, 1.165) is 6.42 Å². The standard InChI is InChI=1S/C5H10O3S/c1-2-3-4-5-8-9(6)7/h3-4,9H,2,5H2,1H3. The summed E-state index contributed by atoms with van der Waals surface area (Å²) < 4.78 is 23.7. The third kappa shape index (κ3) is 7.65. The maximum atomic E-state index is 9.74. The number of hydrogen-bond acceptors (Lipinski definition) is 3. The number of thiol groups is 1. The second-order valence-corrected chi connectivity index (χ2v) is 2.10. The van der Waals surface area contributed by atoms with E-state index in [1.54, 1.807) is 6.08 Å². The van der Waals surface area contributed by atoms with Crippen molar-refractivity contribution in [2.75, 3.05) is 6.61 Å². The average molecular weight is 150 g/mol. The highest BCUT2D eigenvalue weighted by molar-refractivity contribution is 7.67. The maximum Gasteiger partial charge on any atom is 0.257 e. The van der Waals surface area contributed by atoms with E-state index < -0.39 is 11.0 Å². The second-order valence-electron chi connectivity index (χ2n) is 1.40. The van der Waals surface area contributed by atoms with Crippen LogP contribution in [0.3, 0.4) is 0 Å². The van der Waals surface area contributed by atoms with Crippen LogP contribution in [-0.4, -0.2) is 15.0 Å². The molecule has 0 atom stereocenters. The van der Waals surface area contributed by atoms with Crippen LogP contribution in [0.4, 0.5) is 0 Å². The summed E-state index contributed by atoms with van der Waals surface area (Å²) in [6.07, 6.45) is 4.42. The van der Waals surface area contributed by atoms with Crippen molar-refractivity contribution < 1.29 is 12.6 Å². The third-order valence-electron chi connectivity index (χ3n) is 0.679. The average Bonchev–Trinajstić information content (AvgIpc) is 1.80. The van der Waals surface area contributed by atoms with Gasteiger partial charge in [0.2, 0.25) is 0 Å². The Kier molecular flexibility index (Phi) is 5.56. The molecule has 0 radical (unpaired) electrons. The van der Waals surface area contributed by atoms with Crippen LogP contribution in [0.1, 0.15) is 13.3 Å². The summed E-state index contributed by atoms with van der Waals surface area (Å²) in [5, 5.41) is 0. The van der Waals surface area contributed by atoms with Crippen molar-refractivity contribution >= 4 is 11.0 Å². The van der Waals surface area contributed by atoms with Gasteiger partial charge in [0, 0.05) is 0 Å². The van der Waals surface area contributed by atoms with Crippen LogP contribution in [0.2, 0.25) is 0 Å². The molecule has 0 aliphatic carbocycles. The summed E-state index contributed by atoms with van der Waals surface area (Å²) in [7, 11) is -2.67. The molecule has 0 amide bonds. The van der Waals surface area contributed by atoms with Crippen molar-refractivity contribution in [3.05, 3.63) is 12.2 Å². The van der Waals surface area contributed by atoms with Gasteiger partial charge in [-0.05, 0) is 6.42 Å². The lowest BCUT2D eigenvalue weighted by Crippen LogP contribution is -1.86. The van der Waals surface area contributed by atoms with E-state index in [1.165, 1.54) is 0 Å². The van der Waals surface area contributed by atoms with Gasteiger partial charge in [-0.1, -0.05) is 19.1 Å². The van der Waals surface area contributed by atoms with Gasteiger partial charge in [-0.3, -0.25) is 4.18 Å². The van der Waals surface area contributed by atoms with E-state index in [9.17, 15) is 8.42 Å². The minimum absolute atomic E-state index is 0.159. The zero-order valence-electron chi connectivity index (χ0n) is 5.24. The first-order chi connectivity index (χ1) is 4.27. The smallest absolute Gasteiger partial charge is 0.257 e. The summed E-state index contributed by atoms with van der Waals surface area (Å²) >= 11 is 0. The highest BCUT2D eigenvalue weighted by Gasteiger charge is 1.78. The molecule has 0 saturated carbocycles. The van der Waals surface area contributed by atoms with Gasteiger partial charge < -0.3 is 0 Å². The lowest BCUT2D eigenvalue weighted by molar-refractivity contribution is 0.374.